The molecule has 0 bridgehead atoms. The minimum Gasteiger partial charge on any atom is -0.318 e. The van der Waals surface area contributed by atoms with Gasteiger partial charge in [-0.2, -0.15) is 0 Å². The lowest BCUT2D eigenvalue weighted by atomic mass is 10.1. The molecule has 106 valence electrons. The van der Waals surface area contributed by atoms with Crippen LogP contribution in [0.25, 0.3) is 0 Å². The number of hydrogen-bond acceptors (Lipinski definition) is 3. The van der Waals surface area contributed by atoms with E-state index in [9.17, 15) is 4.79 Å². The molecule has 19 heavy (non-hydrogen) atoms. The van der Waals surface area contributed by atoms with Crippen LogP contribution in [-0.4, -0.2) is 22.9 Å². The van der Waals surface area contributed by atoms with E-state index in [1.165, 1.54) is 4.88 Å². The fourth-order valence-corrected chi connectivity index (χ4v) is 3.67. The number of rotatable bonds is 6. The SMILES string of the molecule is CCCC1NC(c2cccs2)N(C(CC)CC)C1=O. The highest BCUT2D eigenvalue weighted by Crippen LogP contribution is 2.33. The van der Waals surface area contributed by atoms with E-state index in [1.54, 1.807) is 11.3 Å². The van der Waals surface area contributed by atoms with Crippen LogP contribution in [0, 0.1) is 0 Å². The molecule has 2 unspecified atom stereocenters. The summed E-state index contributed by atoms with van der Waals surface area (Å²) in [4.78, 5) is 16.0. The molecule has 1 saturated heterocycles. The molecular weight excluding hydrogens is 256 g/mol. The number of carbonyl (C=O) groups is 1. The van der Waals surface area contributed by atoms with Crippen molar-refractivity contribution >= 4 is 17.2 Å². The molecule has 1 aliphatic rings. The van der Waals surface area contributed by atoms with Crippen molar-refractivity contribution in [3.05, 3.63) is 22.4 Å². The van der Waals surface area contributed by atoms with Gasteiger partial charge in [0, 0.05) is 10.9 Å². The zero-order chi connectivity index (χ0) is 13.8. The van der Waals surface area contributed by atoms with Gasteiger partial charge < -0.3 is 4.90 Å². The molecule has 1 aromatic rings. The van der Waals surface area contributed by atoms with Crippen LogP contribution in [0.1, 0.15) is 57.5 Å². The van der Waals surface area contributed by atoms with E-state index in [2.05, 4.69) is 48.5 Å². The van der Waals surface area contributed by atoms with E-state index < -0.39 is 0 Å². The molecule has 1 N–H and O–H groups in total. The van der Waals surface area contributed by atoms with Crippen molar-refractivity contribution in [2.45, 2.75) is 64.7 Å². The summed E-state index contributed by atoms with van der Waals surface area (Å²) in [5.74, 6) is 0.286. The zero-order valence-corrected chi connectivity index (χ0v) is 12.9. The highest BCUT2D eigenvalue weighted by molar-refractivity contribution is 7.10. The molecule has 1 aliphatic heterocycles. The molecule has 0 saturated carbocycles. The summed E-state index contributed by atoms with van der Waals surface area (Å²) in [6.45, 7) is 6.47. The van der Waals surface area contributed by atoms with Crippen molar-refractivity contribution < 1.29 is 4.79 Å². The second-order valence-electron chi connectivity index (χ2n) is 5.14. The normalized spacial score (nSPS) is 23.6. The Hall–Kier alpha value is -0.870. The molecule has 3 nitrogen and oxygen atoms in total. The summed E-state index contributed by atoms with van der Waals surface area (Å²) >= 11 is 1.73. The second-order valence-corrected chi connectivity index (χ2v) is 6.12. The number of hydrogen-bond donors (Lipinski definition) is 1. The molecule has 1 amide bonds. The Bertz CT molecular complexity index is 400. The fourth-order valence-electron chi connectivity index (χ4n) is 2.88. The Morgan fingerprint density at radius 2 is 2.11 bits per heavy atom. The third kappa shape index (κ3) is 2.84. The summed E-state index contributed by atoms with van der Waals surface area (Å²) < 4.78 is 0. The number of amides is 1. The van der Waals surface area contributed by atoms with Crippen LogP contribution in [0.4, 0.5) is 0 Å². The van der Waals surface area contributed by atoms with Crippen LogP contribution in [0.15, 0.2) is 17.5 Å². The summed E-state index contributed by atoms with van der Waals surface area (Å²) in [7, 11) is 0. The van der Waals surface area contributed by atoms with Crippen LogP contribution in [-0.2, 0) is 4.79 Å². The standard InChI is InChI=1S/C15H24N2OS/c1-4-8-12-15(18)17(11(5-2)6-3)14(16-12)13-9-7-10-19-13/h7,9-12,14,16H,4-6,8H2,1-3H3. The Kier molecular flexibility index (Phi) is 4.99. The minimum atomic E-state index is -0.00213. The van der Waals surface area contributed by atoms with Crippen molar-refractivity contribution in [1.29, 1.82) is 0 Å². The average Bonchev–Trinajstić information content (AvgIpc) is 3.03. The number of nitrogens with zero attached hydrogens (tertiary/aromatic N) is 1. The summed E-state index contributed by atoms with van der Waals surface area (Å²) in [6, 6.07) is 4.52. The van der Waals surface area contributed by atoms with Crippen molar-refractivity contribution in [3.8, 4) is 0 Å². The van der Waals surface area contributed by atoms with Crippen LogP contribution < -0.4 is 5.32 Å². The lowest BCUT2D eigenvalue weighted by Crippen LogP contribution is -2.39. The van der Waals surface area contributed by atoms with Gasteiger partial charge in [0.15, 0.2) is 0 Å². The largest absolute Gasteiger partial charge is 0.318 e. The van der Waals surface area contributed by atoms with Crippen molar-refractivity contribution in [2.75, 3.05) is 0 Å². The molecule has 0 aliphatic carbocycles. The minimum absolute atomic E-state index is 0.00213. The maximum atomic E-state index is 12.6. The van der Waals surface area contributed by atoms with Gasteiger partial charge in [0.25, 0.3) is 0 Å². The Morgan fingerprint density at radius 3 is 2.63 bits per heavy atom. The first-order chi connectivity index (χ1) is 9.22. The highest BCUT2D eigenvalue weighted by atomic mass is 32.1. The predicted octanol–water partition coefficient (Wildman–Crippen LogP) is 3.54. The summed E-state index contributed by atoms with van der Waals surface area (Å²) in [5.41, 5.74) is 0. The van der Waals surface area contributed by atoms with Gasteiger partial charge in [-0.1, -0.05) is 33.3 Å². The van der Waals surface area contributed by atoms with E-state index in [-0.39, 0.29) is 18.1 Å². The molecule has 0 radical (unpaired) electrons. The van der Waals surface area contributed by atoms with Crippen LogP contribution in [0.5, 0.6) is 0 Å². The molecule has 2 heterocycles. The van der Waals surface area contributed by atoms with Gasteiger partial charge in [-0.25, -0.2) is 0 Å². The molecule has 0 spiro atoms. The predicted molar refractivity (Wildman–Crippen MR) is 80.1 cm³/mol. The van der Waals surface area contributed by atoms with Crippen LogP contribution in [0.3, 0.4) is 0 Å². The van der Waals surface area contributed by atoms with E-state index in [0.717, 1.165) is 25.7 Å². The average molecular weight is 280 g/mol. The number of thiophene rings is 1. The van der Waals surface area contributed by atoms with Gasteiger partial charge in [-0.15, -0.1) is 11.3 Å². The Morgan fingerprint density at radius 1 is 1.37 bits per heavy atom. The summed E-state index contributed by atoms with van der Waals surface area (Å²) in [5, 5.41) is 5.61. The van der Waals surface area contributed by atoms with E-state index in [0.29, 0.717) is 6.04 Å². The lowest BCUT2D eigenvalue weighted by molar-refractivity contribution is -0.132. The lowest BCUT2D eigenvalue weighted by Gasteiger charge is -2.31. The van der Waals surface area contributed by atoms with Gasteiger partial charge in [0.2, 0.25) is 5.91 Å². The highest BCUT2D eigenvalue weighted by Gasteiger charge is 2.41. The quantitative estimate of drug-likeness (QED) is 0.864. The van der Waals surface area contributed by atoms with E-state index >= 15 is 0 Å². The molecule has 2 rings (SSSR count). The first kappa shape index (κ1) is 14.5. The van der Waals surface area contributed by atoms with Gasteiger partial charge in [0.1, 0.15) is 6.17 Å². The third-order valence-electron chi connectivity index (χ3n) is 3.92. The van der Waals surface area contributed by atoms with Gasteiger partial charge in [-0.05, 0) is 30.7 Å². The van der Waals surface area contributed by atoms with Crippen LogP contribution in [0.2, 0.25) is 0 Å². The van der Waals surface area contributed by atoms with Gasteiger partial charge >= 0.3 is 0 Å². The zero-order valence-electron chi connectivity index (χ0n) is 12.1. The maximum Gasteiger partial charge on any atom is 0.241 e. The van der Waals surface area contributed by atoms with Crippen molar-refractivity contribution in [2.24, 2.45) is 0 Å². The topological polar surface area (TPSA) is 32.3 Å². The second kappa shape index (κ2) is 6.53. The smallest absolute Gasteiger partial charge is 0.241 e. The van der Waals surface area contributed by atoms with E-state index in [1.807, 2.05) is 0 Å². The molecule has 0 aromatic carbocycles. The maximum absolute atomic E-state index is 12.6. The van der Waals surface area contributed by atoms with E-state index in [4.69, 9.17) is 0 Å². The molecule has 1 fully saturated rings. The molecule has 2 atom stereocenters. The number of nitrogens with one attached hydrogen (secondary N) is 1. The monoisotopic (exact) mass is 280 g/mol. The Labute approximate surface area is 120 Å². The first-order valence-electron chi connectivity index (χ1n) is 7.34. The number of carbonyl (C=O) groups excluding carboxylic acids is 1. The molecule has 1 aromatic heterocycles. The van der Waals surface area contributed by atoms with Crippen LogP contribution >= 0.6 is 11.3 Å². The molecule has 4 heteroatoms. The first-order valence-corrected chi connectivity index (χ1v) is 8.22. The third-order valence-corrected chi connectivity index (χ3v) is 4.84. The van der Waals surface area contributed by atoms with Crippen molar-refractivity contribution in [1.82, 2.24) is 10.2 Å². The Balaban J connectivity index is 2.26. The van der Waals surface area contributed by atoms with Crippen molar-refractivity contribution in [3.63, 3.8) is 0 Å². The fraction of sp³-hybridized carbons (Fsp3) is 0.667. The van der Waals surface area contributed by atoms with Gasteiger partial charge in [0.05, 0.1) is 6.04 Å². The van der Waals surface area contributed by atoms with Gasteiger partial charge in [-0.3, -0.25) is 10.1 Å². The summed E-state index contributed by atoms with van der Waals surface area (Å²) in [6.07, 6.45) is 4.08. The molecular formula is C15H24N2OS.